The van der Waals surface area contributed by atoms with Crippen LogP contribution in [0.15, 0.2) is 48.5 Å². The molecule has 3 aromatic rings. The zero-order chi connectivity index (χ0) is 15.0. The second kappa shape index (κ2) is 5.13. The average molecular weight is 275 g/mol. The highest BCUT2D eigenvalue weighted by atomic mass is 16.1. The molecule has 1 heterocycles. The largest absolute Gasteiger partial charge is 0.289 e. The van der Waals surface area contributed by atoms with E-state index in [2.05, 4.69) is 4.98 Å². The monoisotopic (exact) mass is 275 g/mol. The summed E-state index contributed by atoms with van der Waals surface area (Å²) >= 11 is 0. The van der Waals surface area contributed by atoms with Crippen molar-refractivity contribution in [2.75, 3.05) is 0 Å². The summed E-state index contributed by atoms with van der Waals surface area (Å²) in [4.78, 5) is 17.1. The van der Waals surface area contributed by atoms with Gasteiger partial charge in [0, 0.05) is 22.2 Å². The molecule has 2 nitrogen and oxygen atoms in total. The van der Waals surface area contributed by atoms with Crippen LogP contribution in [0.3, 0.4) is 0 Å². The number of aromatic nitrogens is 1. The number of benzene rings is 2. The first-order valence-electron chi connectivity index (χ1n) is 7.04. The van der Waals surface area contributed by atoms with Gasteiger partial charge >= 0.3 is 0 Å². The zero-order valence-electron chi connectivity index (χ0n) is 12.5. The Hall–Kier alpha value is -2.48. The van der Waals surface area contributed by atoms with Crippen molar-refractivity contribution in [1.29, 1.82) is 0 Å². The summed E-state index contributed by atoms with van der Waals surface area (Å²) in [6.45, 7) is 6.04. The van der Waals surface area contributed by atoms with E-state index in [-0.39, 0.29) is 5.78 Å². The summed E-state index contributed by atoms with van der Waals surface area (Å²) in [5, 5.41) is 0.996. The molecule has 0 bridgehead atoms. The van der Waals surface area contributed by atoms with Crippen molar-refractivity contribution in [3.63, 3.8) is 0 Å². The molecule has 0 unspecified atom stereocenters. The predicted octanol–water partition coefficient (Wildman–Crippen LogP) is 4.39. The number of aryl methyl sites for hydroxylation is 3. The van der Waals surface area contributed by atoms with Gasteiger partial charge in [-0.1, -0.05) is 18.2 Å². The van der Waals surface area contributed by atoms with E-state index in [4.69, 9.17) is 0 Å². The summed E-state index contributed by atoms with van der Waals surface area (Å²) in [5.74, 6) is 0.0561. The number of rotatable bonds is 2. The summed E-state index contributed by atoms with van der Waals surface area (Å²) in [5.41, 5.74) is 5.68. The Morgan fingerprint density at radius 2 is 1.52 bits per heavy atom. The minimum Gasteiger partial charge on any atom is -0.289 e. The summed E-state index contributed by atoms with van der Waals surface area (Å²) in [7, 11) is 0. The lowest BCUT2D eigenvalue weighted by Gasteiger charge is -2.06. The Morgan fingerprint density at radius 3 is 2.29 bits per heavy atom. The standard InChI is InChI=1S/C19H17NO/c1-12-4-6-16(10-13(12)2)19(21)17-8-9-18-15(11-17)7-5-14(3)20-18/h4-11H,1-3H3. The Kier molecular flexibility index (Phi) is 3.30. The van der Waals surface area contributed by atoms with Crippen LogP contribution in [0, 0.1) is 20.8 Å². The molecule has 0 aliphatic carbocycles. The van der Waals surface area contributed by atoms with Gasteiger partial charge in [0.05, 0.1) is 5.52 Å². The maximum atomic E-state index is 12.6. The van der Waals surface area contributed by atoms with Crippen LogP contribution in [-0.4, -0.2) is 10.8 Å². The van der Waals surface area contributed by atoms with E-state index < -0.39 is 0 Å². The van der Waals surface area contributed by atoms with Crippen LogP contribution in [0.4, 0.5) is 0 Å². The number of carbonyl (C=O) groups excluding carboxylic acids is 1. The molecule has 2 heteroatoms. The first-order chi connectivity index (χ1) is 10.0. The fraction of sp³-hybridized carbons (Fsp3) is 0.158. The van der Waals surface area contributed by atoms with E-state index in [1.807, 2.05) is 69.3 Å². The molecule has 0 spiro atoms. The van der Waals surface area contributed by atoms with Gasteiger partial charge in [-0.15, -0.1) is 0 Å². The quantitative estimate of drug-likeness (QED) is 0.649. The van der Waals surface area contributed by atoms with Gasteiger partial charge in [-0.25, -0.2) is 0 Å². The molecule has 0 fully saturated rings. The van der Waals surface area contributed by atoms with Gasteiger partial charge in [0.2, 0.25) is 0 Å². The number of ketones is 1. The van der Waals surface area contributed by atoms with Crippen molar-refractivity contribution < 1.29 is 4.79 Å². The van der Waals surface area contributed by atoms with Gasteiger partial charge in [0.25, 0.3) is 0 Å². The minimum atomic E-state index is 0.0561. The fourth-order valence-electron chi connectivity index (χ4n) is 2.42. The molecule has 0 saturated heterocycles. The van der Waals surface area contributed by atoms with E-state index >= 15 is 0 Å². The van der Waals surface area contributed by atoms with E-state index in [1.54, 1.807) is 0 Å². The third-order valence-electron chi connectivity index (χ3n) is 3.86. The molecule has 21 heavy (non-hydrogen) atoms. The minimum absolute atomic E-state index is 0.0561. The van der Waals surface area contributed by atoms with Crippen LogP contribution < -0.4 is 0 Å². The lowest BCUT2D eigenvalue weighted by atomic mass is 9.98. The molecule has 2 aromatic carbocycles. The number of fused-ring (bicyclic) bond motifs is 1. The van der Waals surface area contributed by atoms with Crippen LogP contribution in [0.25, 0.3) is 10.9 Å². The maximum absolute atomic E-state index is 12.6. The molecule has 0 saturated carbocycles. The first-order valence-corrected chi connectivity index (χ1v) is 7.04. The molecular weight excluding hydrogens is 258 g/mol. The molecule has 0 atom stereocenters. The molecule has 0 aliphatic rings. The number of pyridine rings is 1. The third kappa shape index (κ3) is 2.57. The Labute approximate surface area is 124 Å². The fourth-order valence-corrected chi connectivity index (χ4v) is 2.42. The van der Waals surface area contributed by atoms with Crippen LogP contribution in [-0.2, 0) is 0 Å². The Bertz CT molecular complexity index is 849. The SMILES string of the molecule is Cc1ccc2cc(C(=O)c3ccc(C)c(C)c3)ccc2n1. The van der Waals surface area contributed by atoms with Crippen molar-refractivity contribution in [3.05, 3.63) is 76.5 Å². The maximum Gasteiger partial charge on any atom is 0.193 e. The number of hydrogen-bond donors (Lipinski definition) is 0. The summed E-state index contributed by atoms with van der Waals surface area (Å²) in [6.07, 6.45) is 0. The first kappa shape index (κ1) is 13.5. The van der Waals surface area contributed by atoms with Crippen LogP contribution in [0.2, 0.25) is 0 Å². The number of nitrogens with zero attached hydrogens (tertiary/aromatic N) is 1. The van der Waals surface area contributed by atoms with Crippen LogP contribution >= 0.6 is 0 Å². The summed E-state index contributed by atoms with van der Waals surface area (Å²) in [6, 6.07) is 15.5. The molecular formula is C19H17NO. The second-order valence-electron chi connectivity index (χ2n) is 5.49. The van der Waals surface area contributed by atoms with Gasteiger partial charge in [0.1, 0.15) is 0 Å². The van der Waals surface area contributed by atoms with Crippen molar-refractivity contribution in [2.24, 2.45) is 0 Å². The van der Waals surface area contributed by atoms with Gasteiger partial charge < -0.3 is 0 Å². The van der Waals surface area contributed by atoms with Crippen molar-refractivity contribution in [1.82, 2.24) is 4.98 Å². The predicted molar refractivity (Wildman–Crippen MR) is 85.8 cm³/mol. The molecule has 0 N–H and O–H groups in total. The van der Waals surface area contributed by atoms with Crippen molar-refractivity contribution in [3.8, 4) is 0 Å². The molecule has 0 radical (unpaired) electrons. The van der Waals surface area contributed by atoms with Crippen LogP contribution in [0.5, 0.6) is 0 Å². The highest BCUT2D eigenvalue weighted by Crippen LogP contribution is 2.19. The normalized spacial score (nSPS) is 10.8. The van der Waals surface area contributed by atoms with Gasteiger partial charge in [-0.2, -0.15) is 0 Å². The highest BCUT2D eigenvalue weighted by molar-refractivity contribution is 6.10. The Morgan fingerprint density at radius 1 is 0.810 bits per heavy atom. The van der Waals surface area contributed by atoms with Crippen molar-refractivity contribution in [2.45, 2.75) is 20.8 Å². The lowest BCUT2D eigenvalue weighted by Crippen LogP contribution is -2.02. The van der Waals surface area contributed by atoms with E-state index in [0.717, 1.165) is 27.7 Å². The third-order valence-corrected chi connectivity index (χ3v) is 3.86. The van der Waals surface area contributed by atoms with E-state index in [9.17, 15) is 4.79 Å². The smallest absolute Gasteiger partial charge is 0.193 e. The lowest BCUT2D eigenvalue weighted by molar-refractivity contribution is 0.103. The topological polar surface area (TPSA) is 30.0 Å². The van der Waals surface area contributed by atoms with Gasteiger partial charge in [0.15, 0.2) is 5.78 Å². The zero-order valence-corrected chi connectivity index (χ0v) is 12.5. The highest BCUT2D eigenvalue weighted by Gasteiger charge is 2.10. The second-order valence-corrected chi connectivity index (χ2v) is 5.49. The van der Waals surface area contributed by atoms with E-state index in [1.165, 1.54) is 5.56 Å². The average Bonchev–Trinajstić information content (AvgIpc) is 2.49. The Balaban J connectivity index is 2.04. The van der Waals surface area contributed by atoms with E-state index in [0.29, 0.717) is 5.56 Å². The van der Waals surface area contributed by atoms with Crippen LogP contribution in [0.1, 0.15) is 32.7 Å². The van der Waals surface area contributed by atoms with Crippen molar-refractivity contribution >= 4 is 16.7 Å². The number of carbonyl (C=O) groups is 1. The molecule has 1 aromatic heterocycles. The van der Waals surface area contributed by atoms with Gasteiger partial charge in [-0.05, 0) is 62.2 Å². The summed E-state index contributed by atoms with van der Waals surface area (Å²) < 4.78 is 0. The molecule has 104 valence electrons. The molecule has 0 aliphatic heterocycles. The van der Waals surface area contributed by atoms with Gasteiger partial charge in [-0.3, -0.25) is 9.78 Å². The number of hydrogen-bond acceptors (Lipinski definition) is 2. The molecule has 3 rings (SSSR count). The molecule has 0 amide bonds.